The lowest BCUT2D eigenvalue weighted by molar-refractivity contribution is 0.0696. The predicted molar refractivity (Wildman–Crippen MR) is 122 cm³/mol. The van der Waals surface area contributed by atoms with Gasteiger partial charge in [0.1, 0.15) is 0 Å². The Morgan fingerprint density at radius 3 is 1.42 bits per heavy atom. The Morgan fingerprint density at radius 1 is 0.645 bits per heavy atom. The van der Waals surface area contributed by atoms with Crippen molar-refractivity contribution in [2.45, 2.75) is 0 Å². The van der Waals surface area contributed by atoms with Gasteiger partial charge in [0, 0.05) is 21.4 Å². The quantitative estimate of drug-likeness (QED) is 0.374. The van der Waals surface area contributed by atoms with Crippen molar-refractivity contribution in [1.82, 2.24) is 0 Å². The van der Waals surface area contributed by atoms with Gasteiger partial charge in [-0.2, -0.15) is 0 Å². The molecule has 0 fully saturated rings. The van der Waals surface area contributed by atoms with Crippen molar-refractivity contribution in [2.24, 2.45) is 0 Å². The van der Waals surface area contributed by atoms with E-state index >= 15 is 0 Å². The first-order chi connectivity index (χ1) is 14.6. The highest BCUT2D eigenvalue weighted by atomic mass is 35.5. The van der Waals surface area contributed by atoms with Crippen LogP contribution in [0.2, 0.25) is 20.1 Å². The fraction of sp³-hybridized carbons (Fsp3) is 0. The van der Waals surface area contributed by atoms with Gasteiger partial charge in [-0.1, -0.05) is 46.4 Å². The van der Waals surface area contributed by atoms with Gasteiger partial charge >= 0.3 is 5.97 Å². The lowest BCUT2D eigenvalue weighted by atomic mass is 10.1. The summed E-state index contributed by atoms with van der Waals surface area (Å²) < 4.78 is 0. The van der Waals surface area contributed by atoms with Gasteiger partial charge in [0.05, 0.1) is 26.7 Å². The van der Waals surface area contributed by atoms with Gasteiger partial charge in [0.15, 0.2) is 0 Å². The van der Waals surface area contributed by atoms with E-state index in [2.05, 4.69) is 10.6 Å². The van der Waals surface area contributed by atoms with E-state index in [0.29, 0.717) is 10.0 Å². The van der Waals surface area contributed by atoms with E-state index in [1.165, 1.54) is 54.6 Å². The van der Waals surface area contributed by atoms with Crippen LogP contribution in [0.1, 0.15) is 31.1 Å². The first-order valence-corrected chi connectivity index (χ1v) is 10.1. The molecule has 3 N–H and O–H groups in total. The molecule has 3 aromatic carbocycles. The number of carbonyl (C=O) groups is 3. The minimum Gasteiger partial charge on any atom is -0.478 e. The van der Waals surface area contributed by atoms with E-state index in [4.69, 9.17) is 46.4 Å². The number of carbonyl (C=O) groups excluding carboxylic acids is 2. The molecule has 0 heterocycles. The normalized spacial score (nSPS) is 10.5. The monoisotopic (exact) mass is 496 g/mol. The van der Waals surface area contributed by atoms with Crippen molar-refractivity contribution in [3.63, 3.8) is 0 Å². The fourth-order valence-electron chi connectivity index (χ4n) is 2.64. The maximum atomic E-state index is 12.6. The van der Waals surface area contributed by atoms with Crippen molar-refractivity contribution in [1.29, 1.82) is 0 Å². The second kappa shape index (κ2) is 9.58. The van der Waals surface area contributed by atoms with Crippen LogP contribution in [0.5, 0.6) is 0 Å². The number of amides is 2. The zero-order chi connectivity index (χ0) is 22.7. The summed E-state index contributed by atoms with van der Waals surface area (Å²) in [5, 5.41) is 15.5. The first-order valence-electron chi connectivity index (χ1n) is 8.55. The van der Waals surface area contributed by atoms with Gasteiger partial charge < -0.3 is 15.7 Å². The molecule has 10 heteroatoms. The molecular formula is C21H12Cl4N2O4. The predicted octanol–water partition coefficient (Wildman–Crippen LogP) is 6.50. The molecule has 0 saturated heterocycles. The number of carboxylic acid groups (broad SMARTS) is 1. The molecule has 3 rings (SSSR count). The van der Waals surface area contributed by atoms with Crippen LogP contribution in [-0.4, -0.2) is 22.9 Å². The molecule has 0 spiro atoms. The number of halogens is 4. The average molecular weight is 498 g/mol. The molecule has 0 bridgehead atoms. The molecule has 0 aromatic heterocycles. The summed E-state index contributed by atoms with van der Waals surface area (Å²) in [6.45, 7) is 0. The Kier molecular flexibility index (Phi) is 7.08. The van der Waals surface area contributed by atoms with Crippen LogP contribution in [0.3, 0.4) is 0 Å². The van der Waals surface area contributed by atoms with Gasteiger partial charge in [0.25, 0.3) is 11.8 Å². The maximum Gasteiger partial charge on any atom is 0.335 e. The molecule has 0 aliphatic carbocycles. The number of nitrogens with one attached hydrogen (secondary N) is 2. The topological polar surface area (TPSA) is 95.5 Å². The number of hydrogen-bond acceptors (Lipinski definition) is 3. The minimum absolute atomic E-state index is 0.130. The van der Waals surface area contributed by atoms with Gasteiger partial charge in [0.2, 0.25) is 0 Å². The second-order valence-electron chi connectivity index (χ2n) is 6.26. The maximum absolute atomic E-state index is 12.6. The third-order valence-corrected chi connectivity index (χ3v) is 5.14. The molecule has 0 atom stereocenters. The van der Waals surface area contributed by atoms with E-state index in [9.17, 15) is 19.5 Å². The Bertz CT molecular complexity index is 1130. The molecule has 0 unspecified atom stereocenters. The third-order valence-electron chi connectivity index (χ3n) is 4.05. The molecule has 158 valence electrons. The number of rotatable bonds is 5. The zero-order valence-corrected chi connectivity index (χ0v) is 18.4. The third kappa shape index (κ3) is 5.68. The van der Waals surface area contributed by atoms with Crippen molar-refractivity contribution in [2.75, 3.05) is 10.6 Å². The van der Waals surface area contributed by atoms with Crippen molar-refractivity contribution < 1.29 is 19.5 Å². The van der Waals surface area contributed by atoms with Crippen molar-refractivity contribution in [3.05, 3.63) is 91.4 Å². The Morgan fingerprint density at radius 2 is 1.06 bits per heavy atom. The Labute approximate surface area is 196 Å². The van der Waals surface area contributed by atoms with Crippen LogP contribution in [0.4, 0.5) is 11.4 Å². The summed E-state index contributed by atoms with van der Waals surface area (Å²) in [4.78, 5) is 36.6. The minimum atomic E-state index is -1.25. The number of aromatic carboxylic acids is 1. The SMILES string of the molecule is O=C(O)c1cc(NC(=O)c2ccc(Cl)cc2Cl)cc(NC(=O)c2ccc(Cl)cc2Cl)c1. The Balaban J connectivity index is 1.89. The summed E-state index contributed by atoms with van der Waals surface area (Å²) in [5.74, 6) is -2.41. The lowest BCUT2D eigenvalue weighted by Crippen LogP contribution is -2.15. The second-order valence-corrected chi connectivity index (χ2v) is 7.95. The summed E-state index contributed by atoms with van der Waals surface area (Å²) >= 11 is 23.8. The molecule has 0 saturated carbocycles. The van der Waals surface area contributed by atoms with E-state index in [-0.39, 0.29) is 38.1 Å². The van der Waals surface area contributed by atoms with E-state index in [1.54, 1.807) is 0 Å². The molecule has 3 aromatic rings. The molecule has 2 amide bonds. The zero-order valence-electron chi connectivity index (χ0n) is 15.4. The highest BCUT2D eigenvalue weighted by Gasteiger charge is 2.16. The van der Waals surface area contributed by atoms with E-state index < -0.39 is 17.8 Å². The Hall–Kier alpha value is -2.77. The fourth-order valence-corrected chi connectivity index (χ4v) is 3.63. The van der Waals surface area contributed by atoms with Gasteiger partial charge in [-0.05, 0) is 54.6 Å². The number of hydrogen-bond donors (Lipinski definition) is 3. The molecular weight excluding hydrogens is 486 g/mol. The standard InChI is InChI=1S/C21H12Cl4N2O4/c22-11-1-3-15(17(24)7-11)19(28)26-13-5-10(21(30)31)6-14(9-13)27-20(29)16-4-2-12(23)8-18(16)25/h1-9H,(H,26,28)(H,27,29)(H,30,31). The number of anilines is 2. The van der Waals surface area contributed by atoms with Crippen LogP contribution in [0.25, 0.3) is 0 Å². The lowest BCUT2D eigenvalue weighted by Gasteiger charge is -2.12. The molecule has 6 nitrogen and oxygen atoms in total. The van der Waals surface area contributed by atoms with Crippen molar-refractivity contribution >= 4 is 75.6 Å². The van der Waals surface area contributed by atoms with E-state index in [1.807, 2.05) is 0 Å². The molecule has 0 aliphatic rings. The van der Waals surface area contributed by atoms with E-state index in [0.717, 1.165) is 0 Å². The van der Waals surface area contributed by atoms with Gasteiger partial charge in [-0.15, -0.1) is 0 Å². The molecule has 0 radical (unpaired) electrons. The number of benzene rings is 3. The average Bonchev–Trinajstić information content (AvgIpc) is 2.67. The van der Waals surface area contributed by atoms with Gasteiger partial charge in [-0.25, -0.2) is 4.79 Å². The van der Waals surface area contributed by atoms with Crippen LogP contribution in [0.15, 0.2) is 54.6 Å². The molecule has 0 aliphatic heterocycles. The summed E-state index contributed by atoms with van der Waals surface area (Å²) in [7, 11) is 0. The molecule has 31 heavy (non-hydrogen) atoms. The van der Waals surface area contributed by atoms with Gasteiger partial charge in [-0.3, -0.25) is 9.59 Å². The summed E-state index contributed by atoms with van der Waals surface area (Å²) in [5.41, 5.74) is 0.398. The number of carboxylic acids is 1. The summed E-state index contributed by atoms with van der Waals surface area (Å²) in [6, 6.07) is 12.6. The highest BCUT2D eigenvalue weighted by molar-refractivity contribution is 6.38. The van der Waals surface area contributed by atoms with Crippen LogP contribution < -0.4 is 10.6 Å². The first kappa shape index (κ1) is 22.9. The summed E-state index contributed by atoms with van der Waals surface area (Å²) in [6.07, 6.45) is 0. The van der Waals surface area contributed by atoms with Crippen molar-refractivity contribution in [3.8, 4) is 0 Å². The van der Waals surface area contributed by atoms with Crippen LogP contribution in [-0.2, 0) is 0 Å². The highest BCUT2D eigenvalue weighted by Crippen LogP contribution is 2.26. The smallest absolute Gasteiger partial charge is 0.335 e. The van der Waals surface area contributed by atoms with Crippen LogP contribution >= 0.6 is 46.4 Å². The van der Waals surface area contributed by atoms with Crippen LogP contribution in [0, 0.1) is 0 Å². The largest absolute Gasteiger partial charge is 0.478 e.